The van der Waals surface area contributed by atoms with Gasteiger partial charge in [0, 0.05) is 12.5 Å². The highest BCUT2D eigenvalue weighted by molar-refractivity contribution is 9.10. The average Bonchev–Trinajstić information content (AvgIpc) is 2.24. The Morgan fingerprint density at radius 2 is 2.12 bits per heavy atom. The molecule has 0 bridgehead atoms. The Bertz CT molecular complexity index is 344. The molecule has 1 aromatic heterocycles. The van der Waals surface area contributed by atoms with Gasteiger partial charge in [-0.2, -0.15) is 0 Å². The van der Waals surface area contributed by atoms with Gasteiger partial charge in [-0.05, 0) is 21.8 Å². The van der Waals surface area contributed by atoms with Crippen LogP contribution in [-0.4, -0.2) is 27.7 Å². The topological polar surface area (TPSA) is 58.0 Å². The number of anilines is 1. The molecule has 0 aromatic carbocycles. The van der Waals surface area contributed by atoms with Crippen molar-refractivity contribution in [3.63, 3.8) is 0 Å². The summed E-state index contributed by atoms with van der Waals surface area (Å²) in [5, 5.41) is 12.4. The van der Waals surface area contributed by atoms with E-state index in [0.29, 0.717) is 5.92 Å². The Balaban J connectivity index is 2.83. The molecule has 0 spiro atoms. The fourth-order valence-electron chi connectivity index (χ4n) is 1.31. The summed E-state index contributed by atoms with van der Waals surface area (Å²) in [6.07, 6.45) is 0.791. The van der Waals surface area contributed by atoms with Crippen LogP contribution in [0.3, 0.4) is 0 Å². The van der Waals surface area contributed by atoms with E-state index < -0.39 is 0 Å². The number of aliphatic hydroxyl groups excluding tert-OH is 1. The summed E-state index contributed by atoms with van der Waals surface area (Å²) in [7, 11) is 0. The third-order valence-corrected chi connectivity index (χ3v) is 2.80. The van der Waals surface area contributed by atoms with Crippen molar-refractivity contribution in [1.82, 2.24) is 9.97 Å². The van der Waals surface area contributed by atoms with Gasteiger partial charge in [0.15, 0.2) is 0 Å². The molecule has 16 heavy (non-hydrogen) atoms. The molecule has 2 N–H and O–H groups in total. The molecule has 1 unspecified atom stereocenters. The minimum Gasteiger partial charge on any atom is -0.394 e. The van der Waals surface area contributed by atoms with Gasteiger partial charge in [-0.1, -0.05) is 20.8 Å². The summed E-state index contributed by atoms with van der Waals surface area (Å²) in [4.78, 5) is 8.59. The zero-order valence-corrected chi connectivity index (χ0v) is 11.5. The van der Waals surface area contributed by atoms with Gasteiger partial charge in [-0.3, -0.25) is 0 Å². The minimum absolute atomic E-state index is 0.0199. The van der Waals surface area contributed by atoms with Gasteiger partial charge < -0.3 is 10.4 Å². The Morgan fingerprint density at radius 1 is 1.44 bits per heavy atom. The van der Waals surface area contributed by atoms with E-state index in [4.69, 9.17) is 0 Å². The molecule has 0 fully saturated rings. The molecule has 1 aromatic rings. The molecule has 0 aliphatic rings. The number of hydrogen-bond acceptors (Lipinski definition) is 4. The molecule has 0 aliphatic carbocycles. The minimum atomic E-state index is 0.0199. The first-order valence-electron chi connectivity index (χ1n) is 5.47. The third kappa shape index (κ3) is 3.72. The second-order valence-corrected chi connectivity index (χ2v) is 4.84. The maximum Gasteiger partial charge on any atom is 0.131 e. The number of hydrogen-bond donors (Lipinski definition) is 2. The van der Waals surface area contributed by atoms with Crippen LogP contribution in [0.4, 0.5) is 5.82 Å². The van der Waals surface area contributed by atoms with Crippen LogP contribution < -0.4 is 5.32 Å². The summed E-state index contributed by atoms with van der Waals surface area (Å²) in [6, 6.07) is 1.84. The fourth-order valence-corrected chi connectivity index (χ4v) is 1.73. The first-order valence-corrected chi connectivity index (χ1v) is 6.27. The average molecular weight is 288 g/mol. The monoisotopic (exact) mass is 287 g/mol. The number of nitrogens with zero attached hydrogens (tertiary/aromatic N) is 2. The van der Waals surface area contributed by atoms with Crippen molar-refractivity contribution in [1.29, 1.82) is 0 Å². The Kier molecular flexibility index (Phi) is 5.15. The quantitative estimate of drug-likeness (QED) is 0.816. The van der Waals surface area contributed by atoms with E-state index in [0.717, 1.165) is 22.7 Å². The zero-order chi connectivity index (χ0) is 12.1. The molecule has 0 saturated heterocycles. The number of aryl methyl sites for hydroxylation is 1. The fraction of sp³-hybridized carbons (Fsp3) is 0.636. The van der Waals surface area contributed by atoms with Crippen LogP contribution in [0.15, 0.2) is 10.7 Å². The van der Waals surface area contributed by atoms with Gasteiger partial charge in [-0.15, -0.1) is 0 Å². The van der Waals surface area contributed by atoms with Crippen molar-refractivity contribution < 1.29 is 5.11 Å². The van der Waals surface area contributed by atoms with Gasteiger partial charge in [0.05, 0.1) is 12.6 Å². The third-order valence-electron chi connectivity index (χ3n) is 2.39. The molecule has 5 heteroatoms. The highest BCUT2D eigenvalue weighted by atomic mass is 79.9. The van der Waals surface area contributed by atoms with Crippen molar-refractivity contribution in [2.24, 2.45) is 5.92 Å². The summed E-state index contributed by atoms with van der Waals surface area (Å²) >= 11 is 3.35. The lowest BCUT2D eigenvalue weighted by atomic mass is 10.1. The molecule has 90 valence electrons. The first-order chi connectivity index (χ1) is 7.56. The normalized spacial score (nSPS) is 12.9. The van der Waals surface area contributed by atoms with E-state index in [1.54, 1.807) is 0 Å². The molecule has 0 amide bonds. The Morgan fingerprint density at radius 3 is 2.62 bits per heavy atom. The van der Waals surface area contributed by atoms with Crippen LogP contribution >= 0.6 is 15.9 Å². The molecule has 0 aliphatic heterocycles. The Labute approximate surface area is 105 Å². The molecule has 1 rings (SSSR count). The first kappa shape index (κ1) is 13.4. The molecule has 1 atom stereocenters. The molecule has 4 nitrogen and oxygen atoms in total. The SMILES string of the molecule is CCc1nc(Br)cc(NC(CO)C(C)C)n1. The smallest absolute Gasteiger partial charge is 0.131 e. The van der Waals surface area contributed by atoms with Gasteiger partial charge in [0.25, 0.3) is 0 Å². The second kappa shape index (κ2) is 6.15. The number of rotatable bonds is 5. The lowest BCUT2D eigenvalue weighted by Gasteiger charge is -2.20. The van der Waals surface area contributed by atoms with Crippen molar-refractivity contribution in [2.45, 2.75) is 33.2 Å². The summed E-state index contributed by atoms with van der Waals surface area (Å²) in [6.45, 7) is 6.23. The van der Waals surface area contributed by atoms with Crippen molar-refractivity contribution in [3.05, 3.63) is 16.5 Å². The maximum absolute atomic E-state index is 9.24. The van der Waals surface area contributed by atoms with E-state index in [1.807, 2.05) is 13.0 Å². The summed E-state index contributed by atoms with van der Waals surface area (Å²) in [5.41, 5.74) is 0. The number of aliphatic hydroxyl groups is 1. The maximum atomic E-state index is 9.24. The predicted molar refractivity (Wildman–Crippen MR) is 68.4 cm³/mol. The van der Waals surface area contributed by atoms with Crippen LogP contribution in [0, 0.1) is 5.92 Å². The number of halogens is 1. The number of nitrogens with one attached hydrogen (secondary N) is 1. The molecule has 1 heterocycles. The lowest BCUT2D eigenvalue weighted by molar-refractivity contribution is 0.249. The highest BCUT2D eigenvalue weighted by Crippen LogP contribution is 2.15. The van der Waals surface area contributed by atoms with E-state index in [-0.39, 0.29) is 12.6 Å². The Hall–Kier alpha value is -0.680. The molecule has 0 radical (unpaired) electrons. The standard InChI is InChI=1S/C11H18BrN3O/c1-4-10-14-9(12)5-11(15-10)13-8(6-16)7(2)3/h5,7-8,16H,4,6H2,1-3H3,(H,13,14,15). The summed E-state index contributed by atoms with van der Waals surface area (Å²) < 4.78 is 0.766. The lowest BCUT2D eigenvalue weighted by Crippen LogP contribution is -2.30. The van der Waals surface area contributed by atoms with Crippen molar-refractivity contribution in [2.75, 3.05) is 11.9 Å². The predicted octanol–water partition coefficient (Wildman–Crippen LogP) is 2.23. The largest absolute Gasteiger partial charge is 0.394 e. The van der Waals surface area contributed by atoms with Gasteiger partial charge in [-0.25, -0.2) is 9.97 Å². The van der Waals surface area contributed by atoms with E-state index in [1.165, 1.54) is 0 Å². The van der Waals surface area contributed by atoms with E-state index >= 15 is 0 Å². The van der Waals surface area contributed by atoms with Gasteiger partial charge in [0.2, 0.25) is 0 Å². The van der Waals surface area contributed by atoms with Crippen LogP contribution in [0.2, 0.25) is 0 Å². The van der Waals surface area contributed by atoms with E-state index in [9.17, 15) is 5.11 Å². The zero-order valence-electron chi connectivity index (χ0n) is 9.87. The molecular weight excluding hydrogens is 270 g/mol. The van der Waals surface area contributed by atoms with Crippen molar-refractivity contribution in [3.8, 4) is 0 Å². The van der Waals surface area contributed by atoms with Crippen LogP contribution in [0.5, 0.6) is 0 Å². The second-order valence-electron chi connectivity index (χ2n) is 4.02. The molecular formula is C11H18BrN3O. The van der Waals surface area contributed by atoms with Gasteiger partial charge in [0.1, 0.15) is 16.2 Å². The van der Waals surface area contributed by atoms with Crippen LogP contribution in [-0.2, 0) is 6.42 Å². The van der Waals surface area contributed by atoms with Crippen LogP contribution in [0.25, 0.3) is 0 Å². The van der Waals surface area contributed by atoms with Crippen LogP contribution in [0.1, 0.15) is 26.6 Å². The summed E-state index contributed by atoms with van der Waals surface area (Å²) in [5.74, 6) is 1.90. The number of aromatic nitrogens is 2. The van der Waals surface area contributed by atoms with E-state index in [2.05, 4.69) is 45.1 Å². The molecule has 0 saturated carbocycles. The van der Waals surface area contributed by atoms with Crippen molar-refractivity contribution >= 4 is 21.7 Å². The van der Waals surface area contributed by atoms with Gasteiger partial charge >= 0.3 is 0 Å². The highest BCUT2D eigenvalue weighted by Gasteiger charge is 2.13.